The van der Waals surface area contributed by atoms with E-state index in [1.165, 1.54) is 24.0 Å². The fourth-order valence-electron chi connectivity index (χ4n) is 3.40. The summed E-state index contributed by atoms with van der Waals surface area (Å²) in [6.07, 6.45) is 4.58. The van der Waals surface area contributed by atoms with Crippen LogP contribution < -0.4 is 0 Å². The number of rotatable bonds is 4. The zero-order valence-corrected chi connectivity index (χ0v) is 15.9. The van der Waals surface area contributed by atoms with Gasteiger partial charge in [0.15, 0.2) is 0 Å². The molecule has 0 bridgehead atoms. The third-order valence-electron chi connectivity index (χ3n) is 4.89. The number of nitrogens with zero attached hydrogens (tertiary/aromatic N) is 3. The number of aromatic nitrogens is 2. The summed E-state index contributed by atoms with van der Waals surface area (Å²) >= 11 is 5.90. The molecule has 0 saturated heterocycles. The van der Waals surface area contributed by atoms with Gasteiger partial charge in [-0.2, -0.15) is 4.98 Å². The normalized spacial score (nSPS) is 13.3. The Morgan fingerprint density at radius 3 is 2.63 bits per heavy atom. The molecule has 1 amide bonds. The molecule has 1 aromatic heterocycles. The molecule has 0 atom stereocenters. The number of carbonyl (C=O) groups is 1. The molecule has 138 valence electrons. The molecular weight excluding hydrogens is 362 g/mol. The molecule has 5 nitrogen and oxygen atoms in total. The van der Waals surface area contributed by atoms with Crippen molar-refractivity contribution < 1.29 is 9.32 Å². The number of carbonyl (C=O) groups excluding carboxylic acids is 1. The highest BCUT2D eigenvalue weighted by Gasteiger charge is 2.18. The first-order valence-electron chi connectivity index (χ1n) is 9.06. The van der Waals surface area contributed by atoms with E-state index in [0.29, 0.717) is 22.3 Å². The molecule has 1 aliphatic rings. The Balaban J connectivity index is 1.46. The van der Waals surface area contributed by atoms with Crippen molar-refractivity contribution in [1.82, 2.24) is 15.0 Å². The predicted octanol–water partition coefficient (Wildman–Crippen LogP) is 4.54. The second-order valence-electron chi connectivity index (χ2n) is 6.87. The minimum atomic E-state index is -0.0467. The molecule has 27 heavy (non-hydrogen) atoms. The van der Waals surface area contributed by atoms with E-state index in [0.717, 1.165) is 18.4 Å². The Bertz CT molecular complexity index is 966. The number of hydrogen-bond acceptors (Lipinski definition) is 4. The van der Waals surface area contributed by atoms with Gasteiger partial charge < -0.3 is 9.42 Å². The zero-order valence-electron chi connectivity index (χ0n) is 15.1. The van der Waals surface area contributed by atoms with Gasteiger partial charge in [0.05, 0.1) is 6.54 Å². The van der Waals surface area contributed by atoms with Crippen molar-refractivity contribution in [2.75, 3.05) is 7.05 Å². The number of benzene rings is 2. The summed E-state index contributed by atoms with van der Waals surface area (Å²) in [7, 11) is 1.74. The van der Waals surface area contributed by atoms with Crippen molar-refractivity contribution in [3.63, 3.8) is 0 Å². The molecule has 0 saturated carbocycles. The van der Waals surface area contributed by atoms with Gasteiger partial charge >= 0.3 is 0 Å². The van der Waals surface area contributed by atoms with Crippen molar-refractivity contribution in [1.29, 1.82) is 0 Å². The lowest BCUT2D eigenvalue weighted by Crippen LogP contribution is -2.26. The van der Waals surface area contributed by atoms with Crippen LogP contribution in [0.5, 0.6) is 0 Å². The van der Waals surface area contributed by atoms with Crippen LogP contribution in [0.15, 0.2) is 47.0 Å². The standard InChI is InChI=1S/C21H20ClN3O2/c1-25(21(26)17-7-6-14-4-2-3-5-16(14)12-17)13-19-23-20(24-27-19)15-8-10-18(22)11-9-15/h6-12H,2-5,13H2,1H3. The minimum Gasteiger partial charge on any atom is -0.337 e. The molecule has 1 aliphatic carbocycles. The van der Waals surface area contributed by atoms with Crippen molar-refractivity contribution in [3.8, 4) is 11.4 Å². The molecular formula is C21H20ClN3O2. The Labute approximate surface area is 163 Å². The van der Waals surface area contributed by atoms with E-state index in [2.05, 4.69) is 16.2 Å². The summed E-state index contributed by atoms with van der Waals surface area (Å²) < 4.78 is 5.31. The number of hydrogen-bond donors (Lipinski definition) is 0. The molecule has 6 heteroatoms. The topological polar surface area (TPSA) is 59.2 Å². The quantitative estimate of drug-likeness (QED) is 0.665. The summed E-state index contributed by atoms with van der Waals surface area (Å²) in [5, 5.41) is 4.64. The van der Waals surface area contributed by atoms with E-state index < -0.39 is 0 Å². The van der Waals surface area contributed by atoms with Crippen molar-refractivity contribution >= 4 is 17.5 Å². The van der Waals surface area contributed by atoms with Crippen LogP contribution in [0, 0.1) is 0 Å². The van der Waals surface area contributed by atoms with Gasteiger partial charge in [0, 0.05) is 23.2 Å². The monoisotopic (exact) mass is 381 g/mol. The fourth-order valence-corrected chi connectivity index (χ4v) is 3.52. The van der Waals surface area contributed by atoms with Crippen LogP contribution in [0.3, 0.4) is 0 Å². The molecule has 0 unspecified atom stereocenters. The van der Waals surface area contributed by atoms with Crippen LogP contribution in [0.2, 0.25) is 5.02 Å². The Hall–Kier alpha value is -2.66. The lowest BCUT2D eigenvalue weighted by Gasteiger charge is -2.19. The molecule has 2 aromatic carbocycles. The van der Waals surface area contributed by atoms with Gasteiger partial charge in [-0.3, -0.25) is 4.79 Å². The van der Waals surface area contributed by atoms with Crippen molar-refractivity contribution in [3.05, 3.63) is 70.1 Å². The highest BCUT2D eigenvalue weighted by molar-refractivity contribution is 6.30. The Morgan fingerprint density at radius 1 is 1.11 bits per heavy atom. The van der Waals surface area contributed by atoms with Gasteiger partial charge in [-0.25, -0.2) is 0 Å². The van der Waals surface area contributed by atoms with Crippen LogP contribution >= 0.6 is 11.6 Å². The lowest BCUT2D eigenvalue weighted by molar-refractivity contribution is 0.0769. The van der Waals surface area contributed by atoms with Crippen LogP contribution in [-0.2, 0) is 19.4 Å². The first-order chi connectivity index (χ1) is 13.1. The average Bonchev–Trinajstić information content (AvgIpc) is 3.16. The second-order valence-corrected chi connectivity index (χ2v) is 7.31. The Kier molecular flexibility index (Phi) is 4.94. The second kappa shape index (κ2) is 7.53. The molecule has 0 N–H and O–H groups in total. The van der Waals surface area contributed by atoms with Gasteiger partial charge in [-0.05, 0) is 73.2 Å². The summed E-state index contributed by atoms with van der Waals surface area (Å²) in [4.78, 5) is 18.8. The predicted molar refractivity (Wildman–Crippen MR) is 104 cm³/mol. The van der Waals surface area contributed by atoms with Crippen molar-refractivity contribution in [2.45, 2.75) is 32.2 Å². The number of fused-ring (bicyclic) bond motifs is 1. The zero-order chi connectivity index (χ0) is 18.8. The summed E-state index contributed by atoms with van der Waals surface area (Å²) in [5.74, 6) is 0.833. The van der Waals surface area contributed by atoms with Crippen LogP contribution in [0.25, 0.3) is 11.4 Å². The van der Waals surface area contributed by atoms with Gasteiger partial charge in [0.25, 0.3) is 5.91 Å². The molecule has 0 radical (unpaired) electrons. The van der Waals surface area contributed by atoms with Gasteiger partial charge in [-0.1, -0.05) is 22.8 Å². The van der Waals surface area contributed by atoms with Gasteiger partial charge in [0.2, 0.25) is 11.7 Å². The van der Waals surface area contributed by atoms with Crippen LogP contribution in [0.1, 0.15) is 40.2 Å². The van der Waals surface area contributed by atoms with E-state index in [-0.39, 0.29) is 12.5 Å². The third kappa shape index (κ3) is 3.88. The molecule has 0 fully saturated rings. The van der Waals surface area contributed by atoms with Gasteiger partial charge in [0.1, 0.15) is 0 Å². The number of halogens is 1. The highest BCUT2D eigenvalue weighted by Crippen LogP contribution is 2.23. The van der Waals surface area contributed by atoms with Crippen molar-refractivity contribution in [2.24, 2.45) is 0 Å². The smallest absolute Gasteiger partial charge is 0.254 e. The van der Waals surface area contributed by atoms with E-state index in [1.54, 1.807) is 24.1 Å². The van der Waals surface area contributed by atoms with E-state index in [1.807, 2.05) is 24.3 Å². The Morgan fingerprint density at radius 2 is 1.85 bits per heavy atom. The SMILES string of the molecule is CN(Cc1nc(-c2ccc(Cl)cc2)no1)C(=O)c1ccc2c(c1)CCCC2. The van der Waals surface area contributed by atoms with Crippen LogP contribution in [-0.4, -0.2) is 28.0 Å². The molecule has 1 heterocycles. The van der Waals surface area contributed by atoms with Gasteiger partial charge in [-0.15, -0.1) is 0 Å². The maximum atomic E-state index is 12.8. The first-order valence-corrected chi connectivity index (χ1v) is 9.44. The first kappa shape index (κ1) is 17.7. The van der Waals surface area contributed by atoms with E-state index in [9.17, 15) is 4.79 Å². The maximum Gasteiger partial charge on any atom is 0.254 e. The lowest BCUT2D eigenvalue weighted by atomic mass is 9.90. The highest BCUT2D eigenvalue weighted by atomic mass is 35.5. The van der Waals surface area contributed by atoms with E-state index >= 15 is 0 Å². The number of amides is 1. The third-order valence-corrected chi connectivity index (χ3v) is 5.14. The fraction of sp³-hybridized carbons (Fsp3) is 0.286. The molecule has 3 aromatic rings. The summed E-state index contributed by atoms with van der Waals surface area (Å²) in [5.41, 5.74) is 4.18. The largest absolute Gasteiger partial charge is 0.337 e. The summed E-state index contributed by atoms with van der Waals surface area (Å²) in [6.45, 7) is 0.260. The maximum absolute atomic E-state index is 12.8. The molecule has 0 spiro atoms. The van der Waals surface area contributed by atoms with Crippen LogP contribution in [0.4, 0.5) is 0 Å². The molecule has 0 aliphatic heterocycles. The molecule has 4 rings (SSSR count). The summed E-state index contributed by atoms with van der Waals surface area (Å²) in [6, 6.07) is 13.2. The average molecular weight is 382 g/mol. The number of aryl methyl sites for hydroxylation is 2. The minimum absolute atomic E-state index is 0.0467. The van der Waals surface area contributed by atoms with E-state index in [4.69, 9.17) is 16.1 Å².